The van der Waals surface area contributed by atoms with Crippen molar-refractivity contribution in [3.05, 3.63) is 23.8 Å². The van der Waals surface area contributed by atoms with Crippen molar-refractivity contribution < 1.29 is 14.6 Å². The van der Waals surface area contributed by atoms with E-state index in [1.807, 2.05) is 0 Å². The molecule has 0 aromatic heterocycles. The molecule has 1 aliphatic carbocycles. The van der Waals surface area contributed by atoms with Crippen molar-refractivity contribution in [3.63, 3.8) is 0 Å². The lowest BCUT2D eigenvalue weighted by molar-refractivity contribution is -0.142. The van der Waals surface area contributed by atoms with Gasteiger partial charge in [0.05, 0.1) is 6.10 Å². The van der Waals surface area contributed by atoms with Crippen molar-refractivity contribution >= 4 is 5.97 Å². The number of ether oxygens (including phenoxy) is 1. The van der Waals surface area contributed by atoms with Gasteiger partial charge in [-0.05, 0) is 17.7 Å². The predicted molar refractivity (Wildman–Crippen MR) is 37.7 cm³/mol. The Kier molecular flexibility index (Phi) is 1.32. The molecular formula is C8H8O3. The van der Waals surface area contributed by atoms with Crippen LogP contribution in [-0.4, -0.2) is 23.3 Å². The van der Waals surface area contributed by atoms with E-state index >= 15 is 0 Å². The van der Waals surface area contributed by atoms with E-state index in [-0.39, 0.29) is 12.1 Å². The van der Waals surface area contributed by atoms with E-state index in [0.29, 0.717) is 6.42 Å². The van der Waals surface area contributed by atoms with E-state index in [2.05, 4.69) is 0 Å². The van der Waals surface area contributed by atoms with Gasteiger partial charge in [-0.1, -0.05) is 0 Å². The summed E-state index contributed by atoms with van der Waals surface area (Å²) >= 11 is 0. The van der Waals surface area contributed by atoms with Crippen molar-refractivity contribution in [2.24, 2.45) is 0 Å². The van der Waals surface area contributed by atoms with Gasteiger partial charge >= 0.3 is 5.97 Å². The summed E-state index contributed by atoms with van der Waals surface area (Å²) in [4.78, 5) is 10.7. The number of hydrogen-bond acceptors (Lipinski definition) is 3. The summed E-state index contributed by atoms with van der Waals surface area (Å²) in [5.74, 6) is -0.318. The Morgan fingerprint density at radius 3 is 3.18 bits per heavy atom. The van der Waals surface area contributed by atoms with Gasteiger partial charge in [-0.2, -0.15) is 0 Å². The largest absolute Gasteiger partial charge is 0.454 e. The fourth-order valence-electron chi connectivity index (χ4n) is 1.38. The van der Waals surface area contributed by atoms with Crippen LogP contribution in [0.15, 0.2) is 23.8 Å². The Morgan fingerprint density at radius 1 is 1.55 bits per heavy atom. The van der Waals surface area contributed by atoms with Crippen LogP contribution in [0.5, 0.6) is 0 Å². The minimum Gasteiger partial charge on any atom is -0.454 e. The van der Waals surface area contributed by atoms with Crippen molar-refractivity contribution in [1.82, 2.24) is 0 Å². The van der Waals surface area contributed by atoms with Crippen LogP contribution in [0.2, 0.25) is 0 Å². The van der Waals surface area contributed by atoms with E-state index in [4.69, 9.17) is 9.84 Å². The molecule has 0 aromatic carbocycles. The van der Waals surface area contributed by atoms with Crippen molar-refractivity contribution in [3.8, 4) is 0 Å². The molecule has 0 saturated heterocycles. The molecule has 11 heavy (non-hydrogen) atoms. The first kappa shape index (κ1) is 6.61. The monoisotopic (exact) mass is 152 g/mol. The lowest BCUT2D eigenvalue weighted by Gasteiger charge is -2.16. The average Bonchev–Trinajstić information content (AvgIpc) is 2.27. The van der Waals surface area contributed by atoms with Gasteiger partial charge in [-0.25, -0.2) is 4.79 Å². The van der Waals surface area contributed by atoms with Gasteiger partial charge in [0, 0.05) is 12.5 Å². The van der Waals surface area contributed by atoms with Crippen LogP contribution in [-0.2, 0) is 9.53 Å². The molecule has 0 saturated carbocycles. The minimum atomic E-state index is -0.453. The molecule has 1 aliphatic heterocycles. The van der Waals surface area contributed by atoms with Gasteiger partial charge in [0.2, 0.25) is 0 Å². The van der Waals surface area contributed by atoms with E-state index in [0.717, 1.165) is 5.57 Å². The molecule has 0 amide bonds. The van der Waals surface area contributed by atoms with Crippen LogP contribution in [0.25, 0.3) is 0 Å². The van der Waals surface area contributed by atoms with Gasteiger partial charge in [0.25, 0.3) is 0 Å². The summed E-state index contributed by atoms with van der Waals surface area (Å²) < 4.78 is 4.93. The smallest absolute Gasteiger partial charge is 0.331 e. The molecule has 0 fully saturated rings. The third-order valence-electron chi connectivity index (χ3n) is 1.88. The zero-order valence-electron chi connectivity index (χ0n) is 5.86. The first-order valence-corrected chi connectivity index (χ1v) is 3.54. The van der Waals surface area contributed by atoms with Crippen molar-refractivity contribution in [1.29, 1.82) is 0 Å². The highest BCUT2D eigenvalue weighted by molar-refractivity contribution is 5.84. The Balaban J connectivity index is 2.26. The number of carbonyl (C=O) groups excluding carboxylic acids is 1. The first-order valence-electron chi connectivity index (χ1n) is 3.54. The lowest BCUT2D eigenvalue weighted by Crippen LogP contribution is -2.20. The summed E-state index contributed by atoms with van der Waals surface area (Å²) in [6, 6.07) is 0. The number of esters is 1. The van der Waals surface area contributed by atoms with Crippen LogP contribution < -0.4 is 0 Å². The molecule has 0 spiro atoms. The molecule has 1 N–H and O–H groups in total. The molecule has 0 radical (unpaired) electrons. The van der Waals surface area contributed by atoms with Crippen molar-refractivity contribution in [2.75, 3.05) is 0 Å². The van der Waals surface area contributed by atoms with Crippen LogP contribution in [0.4, 0.5) is 0 Å². The molecule has 2 atom stereocenters. The highest BCUT2D eigenvalue weighted by Gasteiger charge is 2.28. The topological polar surface area (TPSA) is 46.5 Å². The summed E-state index contributed by atoms with van der Waals surface area (Å²) in [7, 11) is 0. The number of aliphatic hydroxyl groups is 1. The maximum Gasteiger partial charge on any atom is 0.331 e. The van der Waals surface area contributed by atoms with Gasteiger partial charge in [-0.15, -0.1) is 0 Å². The van der Waals surface area contributed by atoms with Crippen LogP contribution in [0.1, 0.15) is 6.42 Å². The van der Waals surface area contributed by atoms with E-state index in [9.17, 15) is 4.79 Å². The number of carbonyl (C=O) groups is 1. The Morgan fingerprint density at radius 2 is 2.36 bits per heavy atom. The molecule has 1 heterocycles. The Hall–Kier alpha value is -1.09. The number of aliphatic hydroxyl groups excluding tert-OH is 1. The van der Waals surface area contributed by atoms with E-state index < -0.39 is 6.10 Å². The number of hydrogen-bond donors (Lipinski definition) is 1. The van der Waals surface area contributed by atoms with Gasteiger partial charge in [-0.3, -0.25) is 0 Å². The highest BCUT2D eigenvalue weighted by atomic mass is 16.5. The number of fused-ring (bicyclic) bond motifs is 1. The van der Waals surface area contributed by atoms with E-state index in [1.54, 1.807) is 12.2 Å². The third kappa shape index (κ3) is 1.07. The quantitative estimate of drug-likeness (QED) is 0.503. The lowest BCUT2D eigenvalue weighted by atomic mass is 10.1. The summed E-state index contributed by atoms with van der Waals surface area (Å²) in [6.07, 6.45) is 4.64. The molecule has 0 bridgehead atoms. The minimum absolute atomic E-state index is 0.206. The fraction of sp³-hybridized carbons (Fsp3) is 0.375. The van der Waals surface area contributed by atoms with Crippen LogP contribution in [0, 0.1) is 0 Å². The first-order chi connectivity index (χ1) is 5.25. The molecule has 58 valence electrons. The zero-order chi connectivity index (χ0) is 7.84. The Labute approximate surface area is 64.0 Å². The molecule has 0 aromatic rings. The standard InChI is InChI=1S/C8H8O3/c9-6-3-5-1-2-8(10)11-7(5)4-6/h1-3,6-7,9H,4H2. The molecule has 2 rings (SSSR count). The second kappa shape index (κ2) is 2.20. The van der Waals surface area contributed by atoms with Crippen LogP contribution in [0.3, 0.4) is 0 Å². The zero-order valence-corrected chi connectivity index (χ0v) is 5.86. The SMILES string of the molecule is O=C1C=CC2=CC(O)CC2O1. The average molecular weight is 152 g/mol. The number of rotatable bonds is 0. The third-order valence-corrected chi connectivity index (χ3v) is 1.88. The summed E-state index contributed by atoms with van der Waals surface area (Å²) in [5, 5.41) is 9.14. The second-order valence-corrected chi connectivity index (χ2v) is 2.73. The molecule has 2 aliphatic rings. The molecule has 3 heteroatoms. The van der Waals surface area contributed by atoms with Gasteiger partial charge < -0.3 is 9.84 Å². The van der Waals surface area contributed by atoms with Crippen molar-refractivity contribution in [2.45, 2.75) is 18.6 Å². The van der Waals surface area contributed by atoms with Gasteiger partial charge in [0.1, 0.15) is 6.10 Å². The Bertz CT molecular complexity index is 252. The maximum absolute atomic E-state index is 10.7. The highest BCUT2D eigenvalue weighted by Crippen LogP contribution is 2.26. The van der Waals surface area contributed by atoms with E-state index in [1.165, 1.54) is 6.08 Å². The molecule has 2 unspecified atom stereocenters. The summed E-state index contributed by atoms with van der Waals surface area (Å²) in [6.45, 7) is 0. The van der Waals surface area contributed by atoms with Crippen LogP contribution >= 0.6 is 0 Å². The predicted octanol–water partition coefficient (Wildman–Crippen LogP) is 0.159. The second-order valence-electron chi connectivity index (χ2n) is 2.73. The summed E-state index contributed by atoms with van der Waals surface area (Å²) in [5.41, 5.74) is 0.914. The maximum atomic E-state index is 10.7. The van der Waals surface area contributed by atoms with Gasteiger partial charge in [0.15, 0.2) is 0 Å². The fourth-order valence-corrected chi connectivity index (χ4v) is 1.38. The molecule has 3 nitrogen and oxygen atoms in total. The molecular weight excluding hydrogens is 144 g/mol. The normalized spacial score (nSPS) is 34.6.